The van der Waals surface area contributed by atoms with Crippen LogP contribution in [0.25, 0.3) is 28.0 Å². The van der Waals surface area contributed by atoms with Crippen LogP contribution in [0.5, 0.6) is 5.75 Å². The molecule has 1 aliphatic heterocycles. The molecular weight excluding hydrogens is 833 g/mol. The molecule has 0 unspecified atom stereocenters. The maximum absolute atomic E-state index is 17.9. The van der Waals surface area contributed by atoms with Crippen LogP contribution >= 0.6 is 0 Å². The van der Waals surface area contributed by atoms with Crippen LogP contribution in [0, 0.1) is 17.5 Å². The fourth-order valence-corrected chi connectivity index (χ4v) is 7.47. The molecule has 1 saturated heterocycles. The molecule has 4 atom stereocenters. The third-order valence-corrected chi connectivity index (χ3v) is 10.7. The first-order valence-corrected chi connectivity index (χ1v) is 19.1. The van der Waals surface area contributed by atoms with Gasteiger partial charge in [-0.2, -0.15) is 0 Å². The quantitative estimate of drug-likeness (QED) is 0.0753. The Labute approximate surface area is 354 Å². The smallest absolute Gasteiger partial charge is 0.338 e. The van der Waals surface area contributed by atoms with E-state index in [-0.39, 0.29) is 47.1 Å². The summed E-state index contributed by atoms with van der Waals surface area (Å²) >= 11 is 0. The van der Waals surface area contributed by atoms with Gasteiger partial charge in [0, 0.05) is 32.5 Å². The Morgan fingerprint density at radius 3 is 1.89 bits per heavy atom. The molecule has 21 heteroatoms. The summed E-state index contributed by atoms with van der Waals surface area (Å²) in [4.78, 5) is 65.4. The molecule has 8 rings (SSSR count). The van der Waals surface area contributed by atoms with Crippen LogP contribution in [0.15, 0.2) is 79.9 Å². The number of esters is 3. The van der Waals surface area contributed by atoms with Crippen LogP contribution in [-0.4, -0.2) is 75.3 Å². The molecule has 1 aliphatic rings. The van der Waals surface area contributed by atoms with Gasteiger partial charge in [-0.25, -0.2) is 52.3 Å². The first-order valence-electron chi connectivity index (χ1n) is 19.1. The van der Waals surface area contributed by atoms with Gasteiger partial charge in [0.15, 0.2) is 63.0 Å². The number of halogens is 4. The van der Waals surface area contributed by atoms with Crippen molar-refractivity contribution in [1.29, 1.82) is 0 Å². The van der Waals surface area contributed by atoms with E-state index < -0.39 is 81.5 Å². The van der Waals surface area contributed by atoms with Crippen LogP contribution in [0.4, 0.5) is 29.2 Å². The predicted molar refractivity (Wildman–Crippen MR) is 215 cm³/mol. The Bertz CT molecular complexity index is 2910. The molecule has 7 aromatic rings. The molecule has 3 aromatic carbocycles. The lowest BCUT2D eigenvalue weighted by atomic mass is 9.79. The van der Waals surface area contributed by atoms with Crippen molar-refractivity contribution in [2.45, 2.75) is 64.4 Å². The van der Waals surface area contributed by atoms with Gasteiger partial charge in [-0.3, -0.25) is 18.7 Å². The van der Waals surface area contributed by atoms with Crippen molar-refractivity contribution in [3.8, 4) is 11.4 Å². The van der Waals surface area contributed by atoms with Gasteiger partial charge in [-0.15, -0.1) is 0 Å². The van der Waals surface area contributed by atoms with Crippen LogP contribution in [0.2, 0.25) is 0 Å². The van der Waals surface area contributed by atoms with Gasteiger partial charge in [0.1, 0.15) is 36.7 Å². The highest BCUT2D eigenvalue weighted by atomic mass is 19.1. The van der Waals surface area contributed by atoms with Crippen molar-refractivity contribution in [2.75, 3.05) is 17.7 Å². The summed E-state index contributed by atoms with van der Waals surface area (Å²) in [6.45, 7) is 4.69. The molecule has 63 heavy (non-hydrogen) atoms. The van der Waals surface area contributed by atoms with E-state index in [0.717, 1.165) is 39.5 Å². The Balaban J connectivity index is 1.24. The number of hydrogen-bond donors (Lipinski definition) is 2. The van der Waals surface area contributed by atoms with E-state index in [1.54, 1.807) is 24.3 Å². The van der Waals surface area contributed by atoms with Gasteiger partial charge < -0.3 is 29.6 Å². The molecular formula is C42H36F4N10O7. The van der Waals surface area contributed by atoms with Crippen LogP contribution in [0.3, 0.4) is 0 Å². The first kappa shape index (κ1) is 42.2. The molecule has 2 N–H and O–H groups in total. The lowest BCUT2D eigenvalue weighted by Crippen LogP contribution is -2.51. The van der Waals surface area contributed by atoms with Gasteiger partial charge in [-0.05, 0) is 55.3 Å². The highest BCUT2D eigenvalue weighted by Gasteiger charge is 2.68. The lowest BCUT2D eigenvalue weighted by Gasteiger charge is -2.37. The molecule has 4 aromatic heterocycles. The third-order valence-electron chi connectivity index (χ3n) is 10.7. The molecule has 5 heterocycles. The number of ether oxygens (including phenoxy) is 4. The van der Waals surface area contributed by atoms with Crippen molar-refractivity contribution >= 4 is 51.9 Å². The number of alkyl halides is 1. The standard InChI is InChI=1S/C42H36F4N10O7/c1-21(57)61-33-29(27(39(59)60-5)14-28(30(33)45)55-19-53-31-35(49-17-51-37(31)55)47-15-23-6-10-25(43)11-7-23)34-42(4,63-22(2)58)41(3,46)40(62-34)56-20-54-32-36(50-18-52-38(32)56)48-16-24-8-12-26(44)13-9-24/h6-14,17-20,34,40H,15-16H2,1-5H3,(H,47,49,51)(H,48,50,52)/t34-,40-,41+,42-/m1/s1. The molecule has 1 fully saturated rings. The summed E-state index contributed by atoms with van der Waals surface area (Å²) in [5.74, 6) is -5.60. The summed E-state index contributed by atoms with van der Waals surface area (Å²) < 4.78 is 87.5. The summed E-state index contributed by atoms with van der Waals surface area (Å²) in [6, 6.07) is 12.6. The van der Waals surface area contributed by atoms with E-state index in [9.17, 15) is 23.2 Å². The maximum Gasteiger partial charge on any atom is 0.338 e. The fraction of sp³-hybridized carbons (Fsp3) is 0.262. The monoisotopic (exact) mass is 868 g/mol. The normalized spacial score (nSPS) is 19.6. The van der Waals surface area contributed by atoms with Crippen molar-refractivity contribution in [1.82, 2.24) is 39.0 Å². The second kappa shape index (κ2) is 16.4. The average molecular weight is 869 g/mol. The molecule has 0 saturated carbocycles. The first-order chi connectivity index (χ1) is 30.1. The number of benzene rings is 3. The van der Waals surface area contributed by atoms with Crippen LogP contribution < -0.4 is 15.4 Å². The number of anilines is 2. The van der Waals surface area contributed by atoms with Gasteiger partial charge in [0.05, 0.1) is 24.7 Å². The third kappa shape index (κ3) is 7.59. The second-order valence-electron chi connectivity index (χ2n) is 14.7. The summed E-state index contributed by atoms with van der Waals surface area (Å²) in [7, 11) is 1.04. The fourth-order valence-electron chi connectivity index (χ4n) is 7.47. The van der Waals surface area contributed by atoms with Gasteiger partial charge in [0.25, 0.3) is 0 Å². The van der Waals surface area contributed by atoms with E-state index >= 15 is 8.78 Å². The number of nitrogens with one attached hydrogen (secondary N) is 2. The van der Waals surface area contributed by atoms with E-state index in [0.29, 0.717) is 5.56 Å². The Morgan fingerprint density at radius 1 is 0.778 bits per heavy atom. The van der Waals surface area contributed by atoms with Crippen molar-refractivity contribution in [3.05, 3.63) is 120 Å². The zero-order chi connectivity index (χ0) is 44.8. The Kier molecular flexibility index (Phi) is 11.0. The number of carbonyl (C=O) groups is 3. The number of aromatic nitrogens is 8. The average Bonchev–Trinajstić information content (AvgIpc) is 3.93. The largest absolute Gasteiger partial charge is 0.465 e. The molecule has 324 valence electrons. The molecule has 17 nitrogen and oxygen atoms in total. The SMILES string of the molecule is COC(=O)c1cc(-n2cnc3c(NCc4ccc(F)cc4)ncnc32)c(F)c(OC(C)=O)c1[C@H]1O[C@@H](n2cnc3c(NCc4ccc(F)cc4)ncnc32)[C@](C)(F)[C@]1(C)OC(C)=O. The highest BCUT2D eigenvalue weighted by Crippen LogP contribution is 2.59. The van der Waals surface area contributed by atoms with Crippen molar-refractivity contribution < 1.29 is 50.9 Å². The summed E-state index contributed by atoms with van der Waals surface area (Å²) in [6.07, 6.45) is 1.13. The van der Waals surface area contributed by atoms with Gasteiger partial charge >= 0.3 is 17.9 Å². The van der Waals surface area contributed by atoms with Gasteiger partial charge in [0.2, 0.25) is 0 Å². The van der Waals surface area contributed by atoms with Crippen molar-refractivity contribution in [3.63, 3.8) is 0 Å². The van der Waals surface area contributed by atoms with Crippen LogP contribution in [-0.2, 0) is 36.9 Å². The summed E-state index contributed by atoms with van der Waals surface area (Å²) in [5, 5.41) is 6.20. The van der Waals surface area contributed by atoms with E-state index in [4.69, 9.17) is 18.9 Å². The summed E-state index contributed by atoms with van der Waals surface area (Å²) in [5.41, 5.74) is -4.68. The molecule has 0 bridgehead atoms. The lowest BCUT2D eigenvalue weighted by molar-refractivity contribution is -0.174. The zero-order valence-corrected chi connectivity index (χ0v) is 34.0. The number of fused-ring (bicyclic) bond motifs is 2. The molecule has 0 amide bonds. The maximum atomic E-state index is 17.9. The predicted octanol–water partition coefficient (Wildman–Crippen LogP) is 6.63. The van der Waals surface area contributed by atoms with Crippen molar-refractivity contribution in [2.24, 2.45) is 0 Å². The minimum Gasteiger partial charge on any atom is -0.465 e. The molecule has 0 spiro atoms. The minimum atomic E-state index is -2.74. The number of hydrogen-bond acceptors (Lipinski definition) is 15. The highest BCUT2D eigenvalue weighted by molar-refractivity contribution is 5.94. The number of imidazole rings is 2. The minimum absolute atomic E-state index is 0.0432. The number of carbonyl (C=O) groups excluding carboxylic acids is 3. The zero-order valence-electron chi connectivity index (χ0n) is 34.0. The Hall–Kier alpha value is -7.55. The number of methoxy groups -OCH3 is 1. The topological polar surface area (TPSA) is 199 Å². The van der Waals surface area contributed by atoms with E-state index in [1.165, 1.54) is 65.6 Å². The number of nitrogens with zero attached hydrogens (tertiary/aromatic N) is 8. The van der Waals surface area contributed by atoms with Crippen LogP contribution in [0.1, 0.15) is 67.1 Å². The van der Waals surface area contributed by atoms with Gasteiger partial charge in [-0.1, -0.05) is 24.3 Å². The van der Waals surface area contributed by atoms with E-state index in [1.807, 2.05) is 0 Å². The second-order valence-corrected chi connectivity index (χ2v) is 14.7. The molecule has 0 aliphatic carbocycles. The number of rotatable bonds is 12. The molecule has 0 radical (unpaired) electrons. The van der Waals surface area contributed by atoms with E-state index in [2.05, 4.69) is 40.5 Å². The Morgan fingerprint density at radius 2 is 1.33 bits per heavy atom.